The first-order valence-corrected chi connectivity index (χ1v) is 11.1. The van der Waals surface area contributed by atoms with E-state index in [-0.39, 0.29) is 5.78 Å². The standard InChI is InChI=1S/C19H20ClN5OS2/c1-4-25-17(11-27-18-21-12(2)9-13(3)22-18)23-24-19(25)28-10-16(26)14-5-7-15(20)8-6-14/h5-9H,4,10-11H2,1-3H3. The van der Waals surface area contributed by atoms with Gasteiger partial charge in [-0.15, -0.1) is 10.2 Å². The Bertz CT molecular complexity index is 955. The number of halogens is 1. The average Bonchev–Trinajstić information content (AvgIpc) is 3.06. The molecule has 3 aromatic rings. The lowest BCUT2D eigenvalue weighted by Crippen LogP contribution is -2.06. The second kappa shape index (κ2) is 9.54. The van der Waals surface area contributed by atoms with Crippen molar-refractivity contribution >= 4 is 40.9 Å². The van der Waals surface area contributed by atoms with Gasteiger partial charge in [-0.05, 0) is 51.1 Å². The molecule has 3 rings (SSSR count). The van der Waals surface area contributed by atoms with Gasteiger partial charge in [0.15, 0.2) is 16.1 Å². The first kappa shape index (κ1) is 20.8. The molecule has 0 fully saturated rings. The molecule has 0 aliphatic carbocycles. The Labute approximate surface area is 177 Å². The fourth-order valence-electron chi connectivity index (χ4n) is 2.59. The van der Waals surface area contributed by atoms with E-state index in [1.807, 2.05) is 31.4 Å². The SMILES string of the molecule is CCn1c(CSc2nc(C)cc(C)n2)nnc1SCC(=O)c1ccc(Cl)cc1. The van der Waals surface area contributed by atoms with E-state index in [0.717, 1.165) is 34.1 Å². The van der Waals surface area contributed by atoms with Gasteiger partial charge < -0.3 is 4.57 Å². The highest BCUT2D eigenvalue weighted by Gasteiger charge is 2.15. The quantitative estimate of drug-likeness (QED) is 0.291. The van der Waals surface area contributed by atoms with E-state index in [9.17, 15) is 4.79 Å². The Morgan fingerprint density at radius 1 is 1.07 bits per heavy atom. The second-order valence-corrected chi connectivity index (χ2v) is 8.41. The number of rotatable bonds is 8. The van der Waals surface area contributed by atoms with Gasteiger partial charge in [0.05, 0.1) is 11.5 Å². The Kier molecular flexibility index (Phi) is 7.09. The number of carbonyl (C=O) groups is 1. The largest absolute Gasteiger partial charge is 0.306 e. The summed E-state index contributed by atoms with van der Waals surface area (Å²) >= 11 is 8.80. The average molecular weight is 434 g/mol. The van der Waals surface area contributed by atoms with Crippen LogP contribution >= 0.6 is 35.1 Å². The molecule has 0 bridgehead atoms. The highest BCUT2D eigenvalue weighted by atomic mass is 35.5. The Balaban J connectivity index is 1.64. The van der Waals surface area contributed by atoms with Crippen LogP contribution in [0.2, 0.25) is 5.02 Å². The van der Waals surface area contributed by atoms with Gasteiger partial charge in [-0.3, -0.25) is 4.79 Å². The molecule has 28 heavy (non-hydrogen) atoms. The smallest absolute Gasteiger partial charge is 0.191 e. The van der Waals surface area contributed by atoms with E-state index in [4.69, 9.17) is 11.6 Å². The number of carbonyl (C=O) groups excluding carboxylic acids is 1. The number of thioether (sulfide) groups is 2. The molecule has 146 valence electrons. The number of nitrogens with zero attached hydrogens (tertiary/aromatic N) is 5. The molecule has 0 unspecified atom stereocenters. The molecule has 2 aromatic heterocycles. The third-order valence-electron chi connectivity index (χ3n) is 3.90. The van der Waals surface area contributed by atoms with Crippen LogP contribution < -0.4 is 0 Å². The summed E-state index contributed by atoms with van der Waals surface area (Å²) in [7, 11) is 0. The molecule has 6 nitrogen and oxygen atoms in total. The Hall–Kier alpha value is -1.90. The van der Waals surface area contributed by atoms with Crippen molar-refractivity contribution in [2.24, 2.45) is 0 Å². The predicted octanol–water partition coefficient (Wildman–Crippen LogP) is 4.63. The Morgan fingerprint density at radius 2 is 1.75 bits per heavy atom. The summed E-state index contributed by atoms with van der Waals surface area (Å²) in [6.45, 7) is 6.68. The molecule has 0 radical (unpaired) electrons. The molecular weight excluding hydrogens is 414 g/mol. The molecule has 0 atom stereocenters. The topological polar surface area (TPSA) is 73.6 Å². The van der Waals surface area contributed by atoms with Gasteiger partial charge in [-0.25, -0.2) is 9.97 Å². The fraction of sp³-hybridized carbons (Fsp3) is 0.316. The second-order valence-electron chi connectivity index (χ2n) is 6.08. The number of ketones is 1. The summed E-state index contributed by atoms with van der Waals surface area (Å²) < 4.78 is 2.02. The highest BCUT2D eigenvalue weighted by Crippen LogP contribution is 2.24. The first-order chi connectivity index (χ1) is 13.5. The monoisotopic (exact) mass is 433 g/mol. The van der Waals surface area contributed by atoms with E-state index in [2.05, 4.69) is 20.2 Å². The zero-order valence-corrected chi connectivity index (χ0v) is 18.2. The summed E-state index contributed by atoms with van der Waals surface area (Å²) in [6.07, 6.45) is 0. The molecule has 0 aliphatic rings. The molecule has 0 spiro atoms. The lowest BCUT2D eigenvalue weighted by Gasteiger charge is -2.07. The summed E-state index contributed by atoms with van der Waals surface area (Å²) in [5.74, 6) is 1.80. The molecule has 0 N–H and O–H groups in total. The minimum Gasteiger partial charge on any atom is -0.306 e. The number of aryl methyl sites for hydroxylation is 2. The zero-order valence-electron chi connectivity index (χ0n) is 15.8. The van der Waals surface area contributed by atoms with Gasteiger partial charge in [-0.2, -0.15) is 0 Å². The van der Waals surface area contributed by atoms with Crippen LogP contribution in [0.5, 0.6) is 0 Å². The summed E-state index contributed by atoms with van der Waals surface area (Å²) in [6, 6.07) is 8.87. The number of aromatic nitrogens is 5. The maximum atomic E-state index is 12.4. The summed E-state index contributed by atoms with van der Waals surface area (Å²) in [5, 5.41) is 10.6. The van der Waals surface area contributed by atoms with Gasteiger partial charge in [0, 0.05) is 28.5 Å². The fourth-order valence-corrected chi connectivity index (χ4v) is 4.52. The number of hydrogen-bond acceptors (Lipinski definition) is 7. The summed E-state index contributed by atoms with van der Waals surface area (Å²) in [5.41, 5.74) is 2.54. The number of hydrogen-bond donors (Lipinski definition) is 0. The molecule has 9 heteroatoms. The molecule has 1 aromatic carbocycles. The van der Waals surface area contributed by atoms with Crippen molar-refractivity contribution < 1.29 is 4.79 Å². The van der Waals surface area contributed by atoms with E-state index in [1.54, 1.807) is 24.3 Å². The van der Waals surface area contributed by atoms with Crippen LogP contribution in [0.3, 0.4) is 0 Å². The van der Waals surface area contributed by atoms with Crippen molar-refractivity contribution in [2.75, 3.05) is 5.75 Å². The van der Waals surface area contributed by atoms with Crippen molar-refractivity contribution in [3.8, 4) is 0 Å². The third kappa shape index (κ3) is 5.33. The molecular formula is C19H20ClN5OS2. The van der Waals surface area contributed by atoms with Crippen molar-refractivity contribution in [1.29, 1.82) is 0 Å². The lowest BCUT2D eigenvalue weighted by atomic mass is 10.1. The lowest BCUT2D eigenvalue weighted by molar-refractivity contribution is 0.102. The maximum Gasteiger partial charge on any atom is 0.191 e. The van der Waals surface area contributed by atoms with Crippen molar-refractivity contribution in [3.63, 3.8) is 0 Å². The zero-order chi connectivity index (χ0) is 20.1. The normalized spacial score (nSPS) is 11.0. The van der Waals surface area contributed by atoms with Crippen LogP contribution in [-0.2, 0) is 12.3 Å². The third-order valence-corrected chi connectivity index (χ3v) is 5.96. The van der Waals surface area contributed by atoms with E-state index in [1.165, 1.54) is 23.5 Å². The van der Waals surface area contributed by atoms with Crippen LogP contribution in [-0.4, -0.2) is 36.3 Å². The predicted molar refractivity (Wildman–Crippen MR) is 113 cm³/mol. The molecule has 0 saturated heterocycles. The van der Waals surface area contributed by atoms with Crippen molar-refractivity contribution in [3.05, 3.63) is 58.1 Å². The van der Waals surface area contributed by atoms with E-state index in [0.29, 0.717) is 22.1 Å². The molecule has 0 aliphatic heterocycles. The number of benzene rings is 1. The van der Waals surface area contributed by atoms with Gasteiger partial charge in [0.1, 0.15) is 5.82 Å². The van der Waals surface area contributed by atoms with Gasteiger partial charge in [0.25, 0.3) is 0 Å². The van der Waals surface area contributed by atoms with E-state index >= 15 is 0 Å². The minimum absolute atomic E-state index is 0.0341. The van der Waals surface area contributed by atoms with Gasteiger partial charge >= 0.3 is 0 Å². The van der Waals surface area contributed by atoms with Crippen molar-refractivity contribution in [1.82, 2.24) is 24.7 Å². The van der Waals surface area contributed by atoms with Crippen molar-refractivity contribution in [2.45, 2.75) is 43.4 Å². The van der Waals surface area contributed by atoms with Gasteiger partial charge in [-0.1, -0.05) is 35.1 Å². The van der Waals surface area contributed by atoms with Gasteiger partial charge in [0.2, 0.25) is 0 Å². The molecule has 0 saturated carbocycles. The van der Waals surface area contributed by atoms with Crippen LogP contribution in [0.25, 0.3) is 0 Å². The number of Topliss-reactive ketones (excluding diaryl/α,β-unsaturated/α-hetero) is 1. The molecule has 2 heterocycles. The maximum absolute atomic E-state index is 12.4. The first-order valence-electron chi connectivity index (χ1n) is 8.75. The molecule has 0 amide bonds. The van der Waals surface area contributed by atoms with E-state index < -0.39 is 0 Å². The highest BCUT2D eigenvalue weighted by molar-refractivity contribution is 7.99. The van der Waals surface area contributed by atoms with Crippen LogP contribution in [0.4, 0.5) is 0 Å². The Morgan fingerprint density at radius 3 is 2.39 bits per heavy atom. The minimum atomic E-state index is 0.0341. The van der Waals surface area contributed by atoms with Crippen LogP contribution in [0.1, 0.15) is 34.5 Å². The van der Waals surface area contributed by atoms with Crippen LogP contribution in [0.15, 0.2) is 40.6 Å². The summed E-state index contributed by atoms with van der Waals surface area (Å²) in [4.78, 5) is 21.3. The van der Waals surface area contributed by atoms with Crippen LogP contribution in [0, 0.1) is 13.8 Å².